The van der Waals surface area contributed by atoms with Gasteiger partial charge in [0.25, 0.3) is 0 Å². The van der Waals surface area contributed by atoms with Gasteiger partial charge in [0.15, 0.2) is 5.17 Å². The van der Waals surface area contributed by atoms with Crippen molar-refractivity contribution in [2.75, 3.05) is 32.1 Å². The van der Waals surface area contributed by atoms with E-state index in [0.29, 0.717) is 5.41 Å². The van der Waals surface area contributed by atoms with Crippen LogP contribution >= 0.6 is 11.8 Å². The molecular weight excluding hydrogens is 256 g/mol. The Morgan fingerprint density at radius 1 is 1.26 bits per heavy atom. The van der Waals surface area contributed by atoms with E-state index in [2.05, 4.69) is 12.2 Å². The number of aliphatic imine (C=N–C) groups is 1. The molecule has 1 saturated carbocycles. The monoisotopic (exact) mass is 284 g/mol. The Kier molecular flexibility index (Phi) is 6.51. The third-order valence-electron chi connectivity index (χ3n) is 4.12. The molecule has 0 radical (unpaired) electrons. The number of nitrogens with one attached hydrogen (secondary N) is 1. The molecule has 4 heteroatoms. The lowest BCUT2D eigenvalue weighted by Gasteiger charge is -2.31. The van der Waals surface area contributed by atoms with E-state index in [0.717, 1.165) is 37.9 Å². The largest absolute Gasteiger partial charge is 0.381 e. The summed E-state index contributed by atoms with van der Waals surface area (Å²) >= 11 is 1.93. The van der Waals surface area contributed by atoms with Gasteiger partial charge in [-0.3, -0.25) is 4.99 Å². The van der Waals surface area contributed by atoms with Gasteiger partial charge in [-0.05, 0) is 31.1 Å². The van der Waals surface area contributed by atoms with Crippen LogP contribution in [0.3, 0.4) is 0 Å². The van der Waals surface area contributed by atoms with Crippen molar-refractivity contribution in [1.82, 2.24) is 5.32 Å². The second-order valence-electron chi connectivity index (χ2n) is 5.86. The number of thioether (sulfide) groups is 1. The molecule has 0 aromatic heterocycles. The SMILES string of the molecule is CCCCOCCCNC1=NCC2(CCCC2)CS1. The van der Waals surface area contributed by atoms with Crippen molar-refractivity contribution in [3.63, 3.8) is 0 Å². The van der Waals surface area contributed by atoms with E-state index in [-0.39, 0.29) is 0 Å². The predicted molar refractivity (Wildman–Crippen MR) is 84.0 cm³/mol. The molecule has 1 aliphatic carbocycles. The average molecular weight is 284 g/mol. The van der Waals surface area contributed by atoms with Crippen LogP contribution in [0.25, 0.3) is 0 Å². The van der Waals surface area contributed by atoms with Gasteiger partial charge in [-0.15, -0.1) is 0 Å². The van der Waals surface area contributed by atoms with Crippen molar-refractivity contribution in [2.24, 2.45) is 10.4 Å². The summed E-state index contributed by atoms with van der Waals surface area (Å²) in [5, 5.41) is 4.61. The van der Waals surface area contributed by atoms with Gasteiger partial charge in [-0.2, -0.15) is 0 Å². The highest BCUT2D eigenvalue weighted by Gasteiger charge is 2.36. The molecule has 2 rings (SSSR count). The Morgan fingerprint density at radius 2 is 2.05 bits per heavy atom. The molecular formula is C15H28N2OS. The van der Waals surface area contributed by atoms with Gasteiger partial charge in [0.05, 0.1) is 0 Å². The topological polar surface area (TPSA) is 33.6 Å². The van der Waals surface area contributed by atoms with Crippen LogP contribution in [0.5, 0.6) is 0 Å². The first-order valence-corrected chi connectivity index (χ1v) is 8.82. The van der Waals surface area contributed by atoms with E-state index in [1.165, 1.54) is 44.3 Å². The first kappa shape index (κ1) is 15.2. The summed E-state index contributed by atoms with van der Waals surface area (Å²) in [7, 11) is 0. The zero-order chi connectivity index (χ0) is 13.4. The zero-order valence-corrected chi connectivity index (χ0v) is 13.1. The molecule has 0 bridgehead atoms. The van der Waals surface area contributed by atoms with Gasteiger partial charge < -0.3 is 10.1 Å². The second-order valence-corrected chi connectivity index (χ2v) is 6.83. The van der Waals surface area contributed by atoms with Crippen LogP contribution in [0.4, 0.5) is 0 Å². The number of unbranched alkanes of at least 4 members (excludes halogenated alkanes) is 1. The second kappa shape index (κ2) is 8.15. The quantitative estimate of drug-likeness (QED) is 0.727. The van der Waals surface area contributed by atoms with Crippen LogP contribution in [0.2, 0.25) is 0 Å². The summed E-state index contributed by atoms with van der Waals surface area (Å²) in [5.74, 6) is 1.27. The number of amidine groups is 1. The van der Waals surface area contributed by atoms with Crippen LogP contribution in [-0.4, -0.2) is 37.2 Å². The van der Waals surface area contributed by atoms with Crippen LogP contribution in [0, 0.1) is 5.41 Å². The summed E-state index contributed by atoms with van der Waals surface area (Å²) in [6.07, 6.45) is 9.08. The number of ether oxygens (including phenoxy) is 1. The smallest absolute Gasteiger partial charge is 0.156 e. The Balaban J connectivity index is 1.53. The van der Waals surface area contributed by atoms with Crippen molar-refractivity contribution >= 4 is 16.9 Å². The molecule has 110 valence electrons. The molecule has 2 aliphatic rings. The lowest BCUT2D eigenvalue weighted by molar-refractivity contribution is 0.129. The van der Waals surface area contributed by atoms with E-state index in [1.54, 1.807) is 0 Å². The summed E-state index contributed by atoms with van der Waals surface area (Å²) in [6.45, 7) is 6.02. The minimum absolute atomic E-state index is 0.555. The lowest BCUT2D eigenvalue weighted by Crippen LogP contribution is -2.34. The Bertz CT molecular complexity index is 288. The molecule has 0 unspecified atom stereocenters. The van der Waals surface area contributed by atoms with Gasteiger partial charge in [-0.25, -0.2) is 0 Å². The van der Waals surface area contributed by atoms with E-state index >= 15 is 0 Å². The van der Waals surface area contributed by atoms with E-state index in [4.69, 9.17) is 9.73 Å². The molecule has 0 amide bonds. The normalized spacial score (nSPS) is 21.6. The van der Waals surface area contributed by atoms with Crippen molar-refractivity contribution < 1.29 is 4.74 Å². The van der Waals surface area contributed by atoms with Gasteiger partial charge in [0.2, 0.25) is 0 Å². The average Bonchev–Trinajstić information content (AvgIpc) is 2.89. The molecule has 1 aliphatic heterocycles. The Labute approximate surface area is 122 Å². The molecule has 1 fully saturated rings. The Morgan fingerprint density at radius 3 is 2.74 bits per heavy atom. The van der Waals surface area contributed by atoms with E-state index < -0.39 is 0 Å². The van der Waals surface area contributed by atoms with Gasteiger partial charge >= 0.3 is 0 Å². The molecule has 1 spiro atoms. The summed E-state index contributed by atoms with van der Waals surface area (Å²) in [5.41, 5.74) is 0.555. The fourth-order valence-corrected chi connectivity index (χ4v) is 3.99. The highest BCUT2D eigenvalue weighted by Crippen LogP contribution is 2.43. The highest BCUT2D eigenvalue weighted by molar-refractivity contribution is 8.13. The van der Waals surface area contributed by atoms with Crippen LogP contribution in [0.1, 0.15) is 51.9 Å². The first-order valence-electron chi connectivity index (χ1n) is 7.83. The fraction of sp³-hybridized carbons (Fsp3) is 0.933. The first-order chi connectivity index (χ1) is 9.35. The van der Waals surface area contributed by atoms with Gasteiger partial charge in [-0.1, -0.05) is 37.9 Å². The lowest BCUT2D eigenvalue weighted by atomic mass is 9.89. The van der Waals surface area contributed by atoms with Crippen LogP contribution in [0.15, 0.2) is 4.99 Å². The molecule has 1 N–H and O–H groups in total. The Hall–Kier alpha value is -0.220. The molecule has 0 aromatic rings. The van der Waals surface area contributed by atoms with Crippen molar-refractivity contribution in [3.8, 4) is 0 Å². The molecule has 3 nitrogen and oxygen atoms in total. The van der Waals surface area contributed by atoms with Crippen LogP contribution < -0.4 is 5.32 Å². The number of hydrogen-bond acceptors (Lipinski definition) is 4. The van der Waals surface area contributed by atoms with Gasteiger partial charge in [0.1, 0.15) is 0 Å². The van der Waals surface area contributed by atoms with Crippen molar-refractivity contribution in [3.05, 3.63) is 0 Å². The fourth-order valence-electron chi connectivity index (χ4n) is 2.80. The number of hydrogen-bond donors (Lipinski definition) is 1. The molecule has 1 heterocycles. The molecule has 0 saturated heterocycles. The summed E-state index contributed by atoms with van der Waals surface area (Å²) < 4.78 is 5.55. The highest BCUT2D eigenvalue weighted by atomic mass is 32.2. The zero-order valence-electron chi connectivity index (χ0n) is 12.2. The molecule has 19 heavy (non-hydrogen) atoms. The standard InChI is InChI=1S/C15H28N2OS/c1-2-3-10-18-11-6-9-16-14-17-12-15(13-19-14)7-4-5-8-15/h2-13H2,1H3,(H,16,17). The number of nitrogens with zero attached hydrogens (tertiary/aromatic N) is 1. The van der Waals surface area contributed by atoms with Gasteiger partial charge in [0, 0.05) is 32.1 Å². The third kappa shape index (κ3) is 4.99. The third-order valence-corrected chi connectivity index (χ3v) is 5.42. The maximum Gasteiger partial charge on any atom is 0.156 e. The number of rotatable bonds is 7. The molecule has 0 atom stereocenters. The van der Waals surface area contributed by atoms with Crippen molar-refractivity contribution in [2.45, 2.75) is 51.9 Å². The molecule has 0 aromatic carbocycles. The van der Waals surface area contributed by atoms with Crippen molar-refractivity contribution in [1.29, 1.82) is 0 Å². The maximum atomic E-state index is 5.55. The minimum Gasteiger partial charge on any atom is -0.381 e. The van der Waals surface area contributed by atoms with Crippen LogP contribution in [-0.2, 0) is 4.74 Å². The maximum absolute atomic E-state index is 5.55. The summed E-state index contributed by atoms with van der Waals surface area (Å²) in [4.78, 5) is 4.74. The predicted octanol–water partition coefficient (Wildman–Crippen LogP) is 3.45. The van der Waals surface area contributed by atoms with E-state index in [1.807, 2.05) is 11.8 Å². The van der Waals surface area contributed by atoms with E-state index in [9.17, 15) is 0 Å². The summed E-state index contributed by atoms with van der Waals surface area (Å²) in [6, 6.07) is 0. The minimum atomic E-state index is 0.555.